The predicted octanol–water partition coefficient (Wildman–Crippen LogP) is 6.47. The molecule has 3 heteroatoms. The molecule has 1 aliphatic rings. The summed E-state index contributed by atoms with van der Waals surface area (Å²) in [5.41, 5.74) is 2.93. The Bertz CT molecular complexity index is 1470. The minimum Gasteiger partial charge on any atom is -0.399 e. The van der Waals surface area contributed by atoms with E-state index in [0.29, 0.717) is 5.56 Å². The van der Waals surface area contributed by atoms with Gasteiger partial charge in [0.25, 0.3) is 0 Å². The van der Waals surface area contributed by atoms with E-state index in [1.54, 1.807) is 0 Å². The first-order valence-electron chi connectivity index (χ1n) is 13.0. The summed E-state index contributed by atoms with van der Waals surface area (Å²) in [6, 6.07) is 18.3. The lowest BCUT2D eigenvalue weighted by atomic mass is 9.77. The van der Waals surface area contributed by atoms with E-state index in [4.69, 9.17) is 16.2 Å². The third-order valence-corrected chi connectivity index (χ3v) is 6.39. The first kappa shape index (κ1) is 15.0. The molecular formula is C28H27BO2. The maximum atomic E-state index is 8.32. The Labute approximate surface area is 192 Å². The van der Waals surface area contributed by atoms with E-state index >= 15 is 0 Å². The second-order valence-electron chi connectivity index (χ2n) is 8.96. The fourth-order valence-corrected chi connectivity index (χ4v) is 3.92. The van der Waals surface area contributed by atoms with Crippen LogP contribution in [0.15, 0.2) is 90.9 Å². The molecule has 0 bridgehead atoms. The fourth-order valence-electron chi connectivity index (χ4n) is 3.92. The quantitative estimate of drug-likeness (QED) is 0.360. The molecule has 2 nitrogen and oxygen atoms in total. The zero-order valence-electron chi connectivity index (χ0n) is 23.2. The highest BCUT2D eigenvalue weighted by atomic mass is 16.7. The molecule has 4 aromatic carbocycles. The third-order valence-electron chi connectivity index (χ3n) is 6.39. The van der Waals surface area contributed by atoms with Crippen LogP contribution in [0.3, 0.4) is 0 Å². The monoisotopic (exact) mass is 411 g/mol. The van der Waals surface area contributed by atoms with E-state index in [9.17, 15) is 0 Å². The summed E-state index contributed by atoms with van der Waals surface area (Å²) >= 11 is 0. The Morgan fingerprint density at radius 1 is 0.710 bits per heavy atom. The number of hydrogen-bond acceptors (Lipinski definition) is 2. The first-order chi connectivity index (χ1) is 16.9. The van der Waals surface area contributed by atoms with E-state index in [1.165, 1.54) is 0 Å². The van der Waals surface area contributed by atoms with Crippen molar-refractivity contribution in [1.29, 1.82) is 0 Å². The molecule has 0 amide bonds. The summed E-state index contributed by atoms with van der Waals surface area (Å²) in [6.45, 7) is 8.15. The van der Waals surface area contributed by atoms with Crippen molar-refractivity contribution in [3.8, 4) is 22.3 Å². The van der Waals surface area contributed by atoms with E-state index in [-0.39, 0.29) is 29.7 Å². The highest BCUT2D eigenvalue weighted by Crippen LogP contribution is 2.37. The molecule has 0 N–H and O–H groups in total. The van der Waals surface area contributed by atoms with E-state index in [1.807, 2.05) is 76.2 Å². The summed E-state index contributed by atoms with van der Waals surface area (Å²) in [6.07, 6.45) is 0. The molecule has 0 unspecified atom stereocenters. The van der Waals surface area contributed by atoms with Crippen molar-refractivity contribution in [1.82, 2.24) is 0 Å². The Hall–Kier alpha value is -2.88. The van der Waals surface area contributed by atoms with Crippen LogP contribution in [0.5, 0.6) is 0 Å². The van der Waals surface area contributed by atoms with Crippen LogP contribution in [-0.4, -0.2) is 18.3 Å². The molecule has 0 aliphatic carbocycles. The van der Waals surface area contributed by atoms with Crippen LogP contribution < -0.4 is 5.46 Å². The van der Waals surface area contributed by atoms with Crippen molar-refractivity contribution < 1.29 is 16.2 Å². The molecule has 0 aromatic heterocycles. The lowest BCUT2D eigenvalue weighted by molar-refractivity contribution is 0.00578. The third kappa shape index (κ3) is 3.58. The highest BCUT2D eigenvalue weighted by molar-refractivity contribution is 6.62. The van der Waals surface area contributed by atoms with Crippen molar-refractivity contribution in [2.24, 2.45) is 0 Å². The Kier molecular flexibility index (Phi) is 3.57. The maximum Gasteiger partial charge on any atom is 0.494 e. The van der Waals surface area contributed by atoms with Gasteiger partial charge in [0.15, 0.2) is 0 Å². The zero-order chi connectivity index (χ0) is 26.0. The van der Waals surface area contributed by atoms with Crippen molar-refractivity contribution in [2.45, 2.75) is 38.9 Å². The van der Waals surface area contributed by atoms with Gasteiger partial charge in [-0.25, -0.2) is 0 Å². The maximum absolute atomic E-state index is 8.32. The van der Waals surface area contributed by atoms with Crippen LogP contribution in [-0.2, 0) is 9.31 Å². The largest absolute Gasteiger partial charge is 0.494 e. The van der Waals surface area contributed by atoms with Gasteiger partial charge in [-0.15, -0.1) is 0 Å². The van der Waals surface area contributed by atoms with E-state index in [2.05, 4.69) is 12.1 Å². The average molecular weight is 411 g/mol. The number of rotatable bonds is 3. The van der Waals surface area contributed by atoms with Crippen molar-refractivity contribution in [3.63, 3.8) is 0 Å². The van der Waals surface area contributed by atoms with Crippen molar-refractivity contribution in [3.05, 3.63) is 90.9 Å². The molecule has 154 valence electrons. The van der Waals surface area contributed by atoms with Crippen LogP contribution in [0.1, 0.15) is 34.5 Å². The number of fused-ring (bicyclic) bond motifs is 1. The lowest BCUT2D eigenvalue weighted by Gasteiger charge is -2.32. The summed E-state index contributed by atoms with van der Waals surface area (Å²) in [5.74, 6) is 0. The molecule has 1 heterocycles. The summed E-state index contributed by atoms with van der Waals surface area (Å²) in [5, 5.41) is 1.91. The van der Waals surface area contributed by atoms with Crippen LogP contribution in [0, 0.1) is 0 Å². The van der Waals surface area contributed by atoms with Crippen LogP contribution in [0.4, 0.5) is 0 Å². The SMILES string of the molecule is [2H]c1c([2H])c([2H])c(-c2ccc3c(-c4cccc(B5OC(C)(C)C(C)(C)O5)c4)cccc3c2)c([2H])c1[2H]. The van der Waals surface area contributed by atoms with Gasteiger partial charge in [0.2, 0.25) is 0 Å². The van der Waals surface area contributed by atoms with Gasteiger partial charge >= 0.3 is 7.12 Å². The highest BCUT2D eigenvalue weighted by Gasteiger charge is 2.51. The molecule has 4 aromatic rings. The van der Waals surface area contributed by atoms with Gasteiger partial charge in [-0.05, 0) is 72.3 Å². The molecule has 1 saturated heterocycles. The minimum atomic E-state index is -0.458. The zero-order valence-corrected chi connectivity index (χ0v) is 18.2. The Balaban J connectivity index is 1.58. The molecule has 5 rings (SSSR count). The normalized spacial score (nSPS) is 19.5. The smallest absolute Gasteiger partial charge is 0.399 e. The summed E-state index contributed by atoms with van der Waals surface area (Å²) in [4.78, 5) is 0. The van der Waals surface area contributed by atoms with Gasteiger partial charge in [0.1, 0.15) is 0 Å². The van der Waals surface area contributed by atoms with Crippen LogP contribution in [0.2, 0.25) is 0 Å². The van der Waals surface area contributed by atoms with Gasteiger partial charge in [0, 0.05) is 0 Å². The molecule has 0 saturated carbocycles. The van der Waals surface area contributed by atoms with E-state index in [0.717, 1.165) is 27.4 Å². The van der Waals surface area contributed by atoms with Gasteiger partial charge in [-0.2, -0.15) is 0 Å². The topological polar surface area (TPSA) is 18.5 Å². The minimum absolute atomic E-state index is 0.202. The molecule has 1 fully saturated rings. The molecule has 0 spiro atoms. The molecule has 31 heavy (non-hydrogen) atoms. The summed E-state index contributed by atoms with van der Waals surface area (Å²) in [7, 11) is -0.458. The van der Waals surface area contributed by atoms with Gasteiger partial charge in [-0.3, -0.25) is 0 Å². The second kappa shape index (κ2) is 7.37. The standard InChI is InChI=1S/C28H27BO2/c1-27(2)28(3,4)31-29(30-27)24-14-8-12-23(19-24)25-15-9-13-22-18-21(16-17-26(22)25)20-10-6-5-7-11-20/h5-19H,1-4H3/i5D,6D,7D,10D,11D. The molecular weight excluding hydrogens is 379 g/mol. The Morgan fingerprint density at radius 2 is 1.42 bits per heavy atom. The number of hydrogen-bond donors (Lipinski definition) is 0. The first-order valence-corrected chi connectivity index (χ1v) is 10.5. The fraction of sp³-hybridized carbons (Fsp3) is 0.214. The van der Waals surface area contributed by atoms with Crippen LogP contribution in [0.25, 0.3) is 33.0 Å². The molecule has 0 radical (unpaired) electrons. The van der Waals surface area contributed by atoms with Gasteiger partial charge in [0.05, 0.1) is 18.1 Å². The van der Waals surface area contributed by atoms with Crippen molar-refractivity contribution >= 4 is 23.4 Å². The van der Waals surface area contributed by atoms with Crippen molar-refractivity contribution in [2.75, 3.05) is 0 Å². The lowest BCUT2D eigenvalue weighted by Crippen LogP contribution is -2.41. The average Bonchev–Trinajstić information content (AvgIpc) is 3.08. The predicted molar refractivity (Wildman–Crippen MR) is 131 cm³/mol. The van der Waals surface area contributed by atoms with Gasteiger partial charge in [-0.1, -0.05) is 84.8 Å². The molecule has 1 aliphatic heterocycles. The number of benzene rings is 4. The van der Waals surface area contributed by atoms with Gasteiger partial charge < -0.3 is 9.31 Å². The Morgan fingerprint density at radius 3 is 2.16 bits per heavy atom. The second-order valence-corrected chi connectivity index (χ2v) is 8.96. The van der Waals surface area contributed by atoms with Crippen LogP contribution >= 0.6 is 0 Å². The van der Waals surface area contributed by atoms with E-state index < -0.39 is 24.4 Å². The molecule has 0 atom stereocenters. The summed E-state index contributed by atoms with van der Waals surface area (Å²) < 4.78 is 53.0.